The molecule has 0 spiro atoms. The number of hydrogen-bond acceptors (Lipinski definition) is 4. The SMILES string of the molecule is CN1CCc2cc(Cl)c(OC(=O)N(C)C)cc2C(c2cccc3c2OCC3)C1. The van der Waals surface area contributed by atoms with Gasteiger partial charge in [0.2, 0.25) is 0 Å². The number of para-hydroxylation sites is 1. The van der Waals surface area contributed by atoms with Gasteiger partial charge in [-0.2, -0.15) is 0 Å². The molecule has 5 nitrogen and oxygen atoms in total. The van der Waals surface area contributed by atoms with E-state index in [1.807, 2.05) is 12.1 Å². The number of rotatable bonds is 2. The van der Waals surface area contributed by atoms with Gasteiger partial charge >= 0.3 is 6.09 Å². The number of hydrogen-bond donors (Lipinski definition) is 0. The Kier molecular flexibility index (Phi) is 5.21. The van der Waals surface area contributed by atoms with Crippen LogP contribution in [0.2, 0.25) is 5.02 Å². The predicted molar refractivity (Wildman–Crippen MR) is 110 cm³/mol. The molecule has 0 N–H and O–H groups in total. The van der Waals surface area contributed by atoms with Gasteiger partial charge in [-0.05, 0) is 42.3 Å². The zero-order valence-electron chi connectivity index (χ0n) is 16.5. The molecule has 2 aliphatic heterocycles. The molecule has 2 aromatic rings. The lowest BCUT2D eigenvalue weighted by atomic mass is 9.86. The maximum absolute atomic E-state index is 12.1. The van der Waals surface area contributed by atoms with E-state index in [1.54, 1.807) is 14.1 Å². The summed E-state index contributed by atoms with van der Waals surface area (Å²) in [4.78, 5) is 15.8. The monoisotopic (exact) mass is 400 g/mol. The fraction of sp³-hybridized carbons (Fsp3) is 0.409. The van der Waals surface area contributed by atoms with E-state index in [9.17, 15) is 4.79 Å². The number of ether oxygens (including phenoxy) is 2. The highest BCUT2D eigenvalue weighted by Gasteiger charge is 2.29. The van der Waals surface area contributed by atoms with Crippen molar-refractivity contribution in [3.63, 3.8) is 0 Å². The minimum absolute atomic E-state index is 0.129. The Morgan fingerprint density at radius 2 is 2.04 bits per heavy atom. The molecule has 0 fully saturated rings. The Bertz CT molecular complexity index is 913. The molecule has 0 aromatic heterocycles. The van der Waals surface area contributed by atoms with Gasteiger partial charge in [0.15, 0.2) is 5.75 Å². The third kappa shape index (κ3) is 3.56. The summed E-state index contributed by atoms with van der Waals surface area (Å²) in [5.74, 6) is 1.54. The van der Waals surface area contributed by atoms with Crippen LogP contribution in [0, 0.1) is 0 Å². The molecular weight excluding hydrogens is 376 g/mol. The van der Waals surface area contributed by atoms with Crippen LogP contribution in [0.3, 0.4) is 0 Å². The van der Waals surface area contributed by atoms with E-state index in [0.717, 1.165) is 43.9 Å². The molecular formula is C22H25ClN2O3. The Hall–Kier alpha value is -2.24. The van der Waals surface area contributed by atoms with Crippen LogP contribution in [-0.4, -0.2) is 56.7 Å². The fourth-order valence-corrected chi connectivity index (χ4v) is 4.23. The van der Waals surface area contributed by atoms with Gasteiger partial charge in [-0.15, -0.1) is 0 Å². The third-order valence-corrected chi connectivity index (χ3v) is 5.80. The number of nitrogens with zero attached hydrogens (tertiary/aromatic N) is 2. The number of fused-ring (bicyclic) bond motifs is 2. The highest BCUT2D eigenvalue weighted by Crippen LogP contribution is 2.42. The van der Waals surface area contributed by atoms with Gasteiger partial charge in [-0.1, -0.05) is 29.8 Å². The summed E-state index contributed by atoms with van der Waals surface area (Å²) >= 11 is 6.45. The summed E-state index contributed by atoms with van der Waals surface area (Å²) in [5.41, 5.74) is 4.80. The van der Waals surface area contributed by atoms with Crippen LogP contribution in [0.5, 0.6) is 11.5 Å². The molecule has 0 aliphatic carbocycles. The molecule has 2 aromatic carbocycles. The topological polar surface area (TPSA) is 42.0 Å². The minimum Gasteiger partial charge on any atom is -0.493 e. The van der Waals surface area contributed by atoms with E-state index in [4.69, 9.17) is 21.1 Å². The number of amides is 1. The van der Waals surface area contributed by atoms with Crippen LogP contribution in [0.15, 0.2) is 30.3 Å². The zero-order valence-corrected chi connectivity index (χ0v) is 17.3. The smallest absolute Gasteiger partial charge is 0.414 e. The third-order valence-electron chi connectivity index (χ3n) is 5.51. The van der Waals surface area contributed by atoms with E-state index in [-0.39, 0.29) is 5.92 Å². The fourth-order valence-electron chi connectivity index (χ4n) is 4.01. The van der Waals surface area contributed by atoms with Crippen molar-refractivity contribution < 1.29 is 14.3 Å². The number of halogens is 1. The van der Waals surface area contributed by atoms with Crippen molar-refractivity contribution in [1.29, 1.82) is 0 Å². The zero-order chi connectivity index (χ0) is 19.8. The van der Waals surface area contributed by atoms with Crippen molar-refractivity contribution in [3.8, 4) is 11.5 Å². The summed E-state index contributed by atoms with van der Waals surface area (Å²) in [6.45, 7) is 2.55. The van der Waals surface area contributed by atoms with E-state index >= 15 is 0 Å². The first kappa shape index (κ1) is 19.1. The molecule has 1 atom stereocenters. The van der Waals surface area contributed by atoms with Gasteiger partial charge in [0, 0.05) is 45.1 Å². The highest BCUT2D eigenvalue weighted by molar-refractivity contribution is 6.32. The van der Waals surface area contributed by atoms with Crippen LogP contribution in [0.25, 0.3) is 0 Å². The summed E-state index contributed by atoms with van der Waals surface area (Å²) in [7, 11) is 5.45. The van der Waals surface area contributed by atoms with Crippen molar-refractivity contribution in [2.45, 2.75) is 18.8 Å². The Morgan fingerprint density at radius 1 is 1.21 bits per heavy atom. The standard InChI is InChI=1S/C22H25ClN2O3/c1-24(2)22(26)28-20-12-17-15(11-19(20)23)7-9-25(3)13-18(17)16-6-4-5-14-8-10-27-21(14)16/h4-6,11-12,18H,7-10,13H2,1-3H3. The normalized spacial score (nSPS) is 18.6. The van der Waals surface area contributed by atoms with Crippen molar-refractivity contribution >= 4 is 17.7 Å². The summed E-state index contributed by atoms with van der Waals surface area (Å²) in [6.07, 6.45) is 1.41. The molecule has 1 unspecified atom stereocenters. The van der Waals surface area contributed by atoms with Crippen molar-refractivity contribution in [2.75, 3.05) is 40.8 Å². The summed E-state index contributed by atoms with van der Waals surface area (Å²) in [5, 5.41) is 0.465. The van der Waals surface area contributed by atoms with E-state index in [2.05, 4.69) is 30.1 Å². The van der Waals surface area contributed by atoms with E-state index < -0.39 is 6.09 Å². The Balaban J connectivity index is 1.81. The van der Waals surface area contributed by atoms with Crippen molar-refractivity contribution in [2.24, 2.45) is 0 Å². The Morgan fingerprint density at radius 3 is 2.82 bits per heavy atom. The van der Waals surface area contributed by atoms with Gasteiger partial charge in [0.1, 0.15) is 5.75 Å². The van der Waals surface area contributed by atoms with Crippen LogP contribution in [0.4, 0.5) is 4.79 Å². The molecule has 0 radical (unpaired) electrons. The quantitative estimate of drug-likeness (QED) is 0.765. The molecule has 0 saturated heterocycles. The summed E-state index contributed by atoms with van der Waals surface area (Å²) < 4.78 is 11.5. The van der Waals surface area contributed by atoms with Gasteiger partial charge in [0.25, 0.3) is 0 Å². The second-order valence-corrected chi connectivity index (χ2v) is 8.15. The minimum atomic E-state index is -0.437. The molecule has 1 amide bonds. The maximum Gasteiger partial charge on any atom is 0.414 e. The van der Waals surface area contributed by atoms with Crippen LogP contribution in [-0.2, 0) is 12.8 Å². The first-order valence-corrected chi connectivity index (χ1v) is 9.96. The van der Waals surface area contributed by atoms with Crippen LogP contribution in [0.1, 0.15) is 28.2 Å². The number of benzene rings is 2. The average molecular weight is 401 g/mol. The first-order valence-electron chi connectivity index (χ1n) is 9.58. The van der Waals surface area contributed by atoms with Gasteiger partial charge < -0.3 is 19.3 Å². The maximum atomic E-state index is 12.1. The summed E-state index contributed by atoms with van der Waals surface area (Å²) in [6, 6.07) is 10.3. The largest absolute Gasteiger partial charge is 0.493 e. The van der Waals surface area contributed by atoms with Gasteiger partial charge in [-0.3, -0.25) is 0 Å². The van der Waals surface area contributed by atoms with E-state index in [0.29, 0.717) is 10.8 Å². The lowest BCUT2D eigenvalue weighted by Gasteiger charge is -2.24. The number of carbonyl (C=O) groups is 1. The second kappa shape index (κ2) is 7.64. The highest BCUT2D eigenvalue weighted by atomic mass is 35.5. The molecule has 0 bridgehead atoms. The molecule has 2 aliphatic rings. The van der Waals surface area contributed by atoms with Crippen LogP contribution < -0.4 is 9.47 Å². The van der Waals surface area contributed by atoms with Crippen molar-refractivity contribution in [3.05, 3.63) is 57.6 Å². The lowest BCUT2D eigenvalue weighted by Crippen LogP contribution is -2.25. The van der Waals surface area contributed by atoms with Crippen molar-refractivity contribution in [1.82, 2.24) is 9.80 Å². The Labute approximate surface area is 170 Å². The van der Waals surface area contributed by atoms with E-state index in [1.165, 1.54) is 21.6 Å². The average Bonchev–Trinajstić information content (AvgIpc) is 3.09. The number of carbonyl (C=O) groups excluding carboxylic acids is 1. The molecule has 4 rings (SSSR count). The predicted octanol–water partition coefficient (Wildman–Crippen LogP) is 3.96. The lowest BCUT2D eigenvalue weighted by molar-refractivity contribution is 0.172. The number of likely N-dealkylation sites (N-methyl/N-ethyl adjacent to an activating group) is 1. The molecule has 148 valence electrons. The van der Waals surface area contributed by atoms with Crippen LogP contribution >= 0.6 is 11.6 Å². The molecule has 28 heavy (non-hydrogen) atoms. The molecule has 6 heteroatoms. The van der Waals surface area contributed by atoms with Gasteiger partial charge in [0.05, 0.1) is 11.6 Å². The van der Waals surface area contributed by atoms with Gasteiger partial charge in [-0.25, -0.2) is 4.79 Å². The molecule has 0 saturated carbocycles. The molecule has 2 heterocycles. The first-order chi connectivity index (χ1) is 13.4. The second-order valence-electron chi connectivity index (χ2n) is 7.74.